The van der Waals surface area contributed by atoms with Gasteiger partial charge in [-0.05, 0) is 19.3 Å². The van der Waals surface area contributed by atoms with E-state index in [4.69, 9.17) is 9.57 Å². The number of hydrogen-bond acceptors (Lipinski definition) is 3. The zero-order chi connectivity index (χ0) is 10.2. The summed E-state index contributed by atoms with van der Waals surface area (Å²) in [7, 11) is 0. The lowest BCUT2D eigenvalue weighted by Gasteiger charge is -2.21. The molecule has 1 atom stereocenters. The van der Waals surface area contributed by atoms with Gasteiger partial charge in [-0.1, -0.05) is 6.08 Å². The maximum Gasteiger partial charge on any atom is 0.243 e. The minimum atomic E-state index is -0.267. The highest BCUT2D eigenvalue weighted by Gasteiger charge is 2.15. The Morgan fingerprint density at radius 2 is 2.50 bits per heavy atom. The average Bonchev–Trinajstić information content (AvgIpc) is 2.25. The maximum absolute atomic E-state index is 11.1. The van der Waals surface area contributed by atoms with E-state index in [1.54, 1.807) is 6.08 Å². The minimum Gasteiger partial charge on any atom is -0.350 e. The van der Waals surface area contributed by atoms with Crippen LogP contribution in [-0.2, 0) is 14.4 Å². The van der Waals surface area contributed by atoms with Crippen LogP contribution in [0, 0.1) is 0 Å². The SMILES string of the molecule is C=CCCC(=O)NOC1CCCCO1. The molecule has 0 aromatic carbocycles. The topological polar surface area (TPSA) is 47.6 Å². The molecule has 1 aliphatic heterocycles. The molecule has 4 heteroatoms. The molecule has 0 aromatic rings. The van der Waals surface area contributed by atoms with Crippen LogP contribution in [0.1, 0.15) is 32.1 Å². The average molecular weight is 199 g/mol. The number of rotatable bonds is 5. The van der Waals surface area contributed by atoms with Crippen LogP contribution in [0.5, 0.6) is 0 Å². The second kappa shape index (κ2) is 6.56. The van der Waals surface area contributed by atoms with Crippen LogP contribution in [-0.4, -0.2) is 18.8 Å². The molecule has 1 heterocycles. The molecule has 0 aliphatic carbocycles. The Morgan fingerprint density at radius 1 is 1.64 bits per heavy atom. The van der Waals surface area contributed by atoms with E-state index in [2.05, 4.69) is 12.1 Å². The van der Waals surface area contributed by atoms with Gasteiger partial charge in [-0.25, -0.2) is 10.3 Å². The van der Waals surface area contributed by atoms with Gasteiger partial charge in [-0.15, -0.1) is 6.58 Å². The fraction of sp³-hybridized carbons (Fsp3) is 0.700. The van der Waals surface area contributed by atoms with Gasteiger partial charge in [-0.3, -0.25) is 4.79 Å². The molecule has 1 amide bonds. The van der Waals surface area contributed by atoms with Crippen LogP contribution >= 0.6 is 0 Å². The van der Waals surface area contributed by atoms with Gasteiger partial charge < -0.3 is 4.74 Å². The van der Waals surface area contributed by atoms with Gasteiger partial charge in [-0.2, -0.15) is 0 Å². The van der Waals surface area contributed by atoms with Gasteiger partial charge in [0.1, 0.15) is 0 Å². The monoisotopic (exact) mass is 199 g/mol. The van der Waals surface area contributed by atoms with Gasteiger partial charge in [0.2, 0.25) is 5.91 Å². The first-order valence-corrected chi connectivity index (χ1v) is 5.00. The Hall–Kier alpha value is -0.870. The van der Waals surface area contributed by atoms with E-state index in [-0.39, 0.29) is 12.2 Å². The summed E-state index contributed by atoms with van der Waals surface area (Å²) < 4.78 is 5.28. The highest BCUT2D eigenvalue weighted by molar-refractivity contribution is 5.74. The molecule has 1 aliphatic rings. The van der Waals surface area contributed by atoms with Gasteiger partial charge in [0, 0.05) is 19.4 Å². The minimum absolute atomic E-state index is 0.126. The Bertz CT molecular complexity index is 188. The zero-order valence-corrected chi connectivity index (χ0v) is 8.33. The van der Waals surface area contributed by atoms with E-state index >= 15 is 0 Å². The van der Waals surface area contributed by atoms with Gasteiger partial charge in [0.05, 0.1) is 0 Å². The van der Waals surface area contributed by atoms with Gasteiger partial charge in [0.25, 0.3) is 0 Å². The molecule has 0 bridgehead atoms. The molecule has 1 rings (SSSR count). The molecule has 1 unspecified atom stereocenters. The van der Waals surface area contributed by atoms with Gasteiger partial charge >= 0.3 is 0 Å². The lowest BCUT2D eigenvalue weighted by molar-refractivity contribution is -0.200. The van der Waals surface area contributed by atoms with Crippen molar-refractivity contribution in [2.75, 3.05) is 6.61 Å². The second-order valence-corrected chi connectivity index (χ2v) is 3.27. The molecule has 0 radical (unpaired) electrons. The number of ether oxygens (including phenoxy) is 1. The summed E-state index contributed by atoms with van der Waals surface area (Å²) >= 11 is 0. The Labute approximate surface area is 84.2 Å². The quantitative estimate of drug-likeness (QED) is 0.539. The third-order valence-corrected chi connectivity index (χ3v) is 2.02. The van der Waals surface area contributed by atoms with Crippen molar-refractivity contribution in [2.24, 2.45) is 0 Å². The summed E-state index contributed by atoms with van der Waals surface area (Å²) in [4.78, 5) is 16.2. The van der Waals surface area contributed by atoms with Crippen molar-refractivity contribution in [3.63, 3.8) is 0 Å². The van der Waals surface area contributed by atoms with Crippen molar-refractivity contribution in [1.29, 1.82) is 0 Å². The molecular formula is C10H17NO3. The largest absolute Gasteiger partial charge is 0.350 e. The van der Waals surface area contributed by atoms with Crippen LogP contribution in [0.3, 0.4) is 0 Å². The summed E-state index contributed by atoms with van der Waals surface area (Å²) in [5, 5.41) is 0. The van der Waals surface area contributed by atoms with Crippen LogP contribution in [0.25, 0.3) is 0 Å². The normalized spacial score (nSPS) is 21.6. The van der Waals surface area contributed by atoms with Gasteiger partial charge in [0.15, 0.2) is 6.29 Å². The number of nitrogens with one attached hydrogen (secondary N) is 1. The zero-order valence-electron chi connectivity index (χ0n) is 8.33. The Morgan fingerprint density at radius 3 is 3.14 bits per heavy atom. The van der Waals surface area contributed by atoms with Crippen LogP contribution in [0.4, 0.5) is 0 Å². The standard InChI is InChI=1S/C10H17NO3/c1-2-3-6-9(12)11-14-10-7-4-5-8-13-10/h2,10H,1,3-8H2,(H,11,12). The van der Waals surface area contributed by atoms with Crippen molar-refractivity contribution in [3.05, 3.63) is 12.7 Å². The molecule has 80 valence electrons. The van der Waals surface area contributed by atoms with E-state index < -0.39 is 0 Å². The molecule has 0 spiro atoms. The number of carbonyl (C=O) groups is 1. The van der Waals surface area contributed by atoms with E-state index in [1.807, 2.05) is 0 Å². The summed E-state index contributed by atoms with van der Waals surface area (Å²) in [6.45, 7) is 4.25. The maximum atomic E-state index is 11.1. The lowest BCUT2D eigenvalue weighted by atomic mass is 10.2. The molecule has 0 aromatic heterocycles. The molecule has 14 heavy (non-hydrogen) atoms. The van der Waals surface area contributed by atoms with E-state index in [0.717, 1.165) is 19.3 Å². The number of allylic oxidation sites excluding steroid dienone is 1. The fourth-order valence-corrected chi connectivity index (χ4v) is 1.22. The van der Waals surface area contributed by atoms with E-state index in [0.29, 0.717) is 19.4 Å². The number of amides is 1. The predicted octanol–water partition coefficient (Wildman–Crippen LogP) is 1.53. The van der Waals surface area contributed by atoms with E-state index in [9.17, 15) is 4.79 Å². The van der Waals surface area contributed by atoms with Crippen molar-refractivity contribution in [2.45, 2.75) is 38.4 Å². The molecule has 1 fully saturated rings. The van der Waals surface area contributed by atoms with Crippen molar-refractivity contribution in [1.82, 2.24) is 5.48 Å². The highest BCUT2D eigenvalue weighted by Crippen LogP contribution is 2.12. The van der Waals surface area contributed by atoms with Crippen molar-refractivity contribution < 1.29 is 14.4 Å². The van der Waals surface area contributed by atoms with Crippen molar-refractivity contribution >= 4 is 5.91 Å². The number of hydrogen-bond donors (Lipinski definition) is 1. The third-order valence-electron chi connectivity index (χ3n) is 2.02. The summed E-state index contributed by atoms with van der Waals surface area (Å²) in [6, 6.07) is 0. The highest BCUT2D eigenvalue weighted by atomic mass is 16.8. The van der Waals surface area contributed by atoms with Crippen LogP contribution in [0.2, 0.25) is 0 Å². The lowest BCUT2D eigenvalue weighted by Crippen LogP contribution is -2.32. The third kappa shape index (κ3) is 4.39. The van der Waals surface area contributed by atoms with E-state index in [1.165, 1.54) is 0 Å². The Balaban J connectivity index is 2.06. The number of hydroxylamine groups is 1. The molecule has 4 nitrogen and oxygen atoms in total. The first-order valence-electron chi connectivity index (χ1n) is 5.00. The molecule has 1 saturated heterocycles. The first-order chi connectivity index (χ1) is 6.83. The number of carbonyl (C=O) groups excluding carboxylic acids is 1. The van der Waals surface area contributed by atoms with Crippen LogP contribution < -0.4 is 5.48 Å². The molecule has 1 N–H and O–H groups in total. The second-order valence-electron chi connectivity index (χ2n) is 3.27. The predicted molar refractivity (Wildman–Crippen MR) is 52.2 cm³/mol. The Kier molecular flexibility index (Phi) is 5.25. The first kappa shape index (κ1) is 11.2. The molecule has 0 saturated carbocycles. The smallest absolute Gasteiger partial charge is 0.243 e. The summed E-state index contributed by atoms with van der Waals surface area (Å²) in [5.41, 5.74) is 2.38. The summed E-state index contributed by atoms with van der Waals surface area (Å²) in [6.07, 6.45) is 5.53. The fourth-order valence-electron chi connectivity index (χ4n) is 1.22. The van der Waals surface area contributed by atoms with Crippen LogP contribution in [0.15, 0.2) is 12.7 Å². The van der Waals surface area contributed by atoms with Crippen molar-refractivity contribution in [3.8, 4) is 0 Å². The molecular weight excluding hydrogens is 182 g/mol. The summed E-state index contributed by atoms with van der Waals surface area (Å²) in [5.74, 6) is -0.126.